The lowest BCUT2D eigenvalue weighted by Gasteiger charge is -2.34. The Morgan fingerprint density at radius 3 is 2.55 bits per heavy atom. The number of rotatable bonds is 5. The predicted octanol–water partition coefficient (Wildman–Crippen LogP) is 3.60. The number of halogens is 3. The number of piperazine rings is 1. The van der Waals surface area contributed by atoms with Crippen LogP contribution in [-0.4, -0.2) is 53.7 Å². The summed E-state index contributed by atoms with van der Waals surface area (Å²) >= 11 is 18.4. The number of ether oxygens (including phenoxy) is 1. The Morgan fingerprint density at radius 1 is 1.17 bits per heavy atom. The van der Waals surface area contributed by atoms with E-state index in [0.717, 1.165) is 5.56 Å². The van der Waals surface area contributed by atoms with Gasteiger partial charge in [0.05, 0.1) is 13.2 Å². The van der Waals surface area contributed by atoms with Gasteiger partial charge in [0.15, 0.2) is 0 Å². The summed E-state index contributed by atoms with van der Waals surface area (Å²) in [5.74, 6) is 7.11. The highest BCUT2D eigenvalue weighted by molar-refractivity contribution is 6.35. The molecule has 0 radical (unpaired) electrons. The highest BCUT2D eigenvalue weighted by Crippen LogP contribution is 2.25. The molecule has 1 aromatic carbocycles. The molecule has 8 nitrogen and oxygen atoms in total. The SMILES string of the molecule is CCOC(=O)N1CCN(c2nc(Cl)cc(N(N)Cc3ccc(Cl)cc3Cl)n2)CC1. The van der Waals surface area contributed by atoms with Crippen LogP contribution in [0, 0.1) is 0 Å². The van der Waals surface area contributed by atoms with Gasteiger partial charge in [-0.1, -0.05) is 40.9 Å². The van der Waals surface area contributed by atoms with E-state index in [2.05, 4.69) is 9.97 Å². The highest BCUT2D eigenvalue weighted by atomic mass is 35.5. The average Bonchev–Trinajstić information content (AvgIpc) is 2.70. The summed E-state index contributed by atoms with van der Waals surface area (Å²) in [5, 5.41) is 2.79. The molecule has 0 bridgehead atoms. The van der Waals surface area contributed by atoms with Gasteiger partial charge in [-0.05, 0) is 24.6 Å². The third-order valence-electron chi connectivity index (χ3n) is 4.41. The van der Waals surface area contributed by atoms with E-state index in [-0.39, 0.29) is 11.2 Å². The smallest absolute Gasteiger partial charge is 0.409 e. The second-order valence-electron chi connectivity index (χ2n) is 6.39. The molecule has 0 spiro atoms. The van der Waals surface area contributed by atoms with Gasteiger partial charge >= 0.3 is 6.09 Å². The lowest BCUT2D eigenvalue weighted by atomic mass is 10.2. The molecule has 1 aliphatic heterocycles. The molecular formula is C18H21Cl3N6O2. The van der Waals surface area contributed by atoms with Crippen LogP contribution in [0.5, 0.6) is 0 Å². The van der Waals surface area contributed by atoms with E-state index in [1.165, 1.54) is 5.01 Å². The molecular weight excluding hydrogens is 439 g/mol. The van der Waals surface area contributed by atoms with Crippen molar-refractivity contribution in [2.24, 2.45) is 5.84 Å². The normalized spacial score (nSPS) is 14.1. The second-order valence-corrected chi connectivity index (χ2v) is 7.62. The van der Waals surface area contributed by atoms with E-state index >= 15 is 0 Å². The van der Waals surface area contributed by atoms with Crippen LogP contribution in [0.4, 0.5) is 16.6 Å². The lowest BCUT2D eigenvalue weighted by Crippen LogP contribution is -2.49. The Balaban J connectivity index is 1.70. The minimum absolute atomic E-state index is 0.274. The van der Waals surface area contributed by atoms with E-state index in [1.54, 1.807) is 30.0 Å². The van der Waals surface area contributed by atoms with Crippen LogP contribution in [-0.2, 0) is 11.3 Å². The largest absolute Gasteiger partial charge is 0.450 e. The number of hydrogen-bond donors (Lipinski definition) is 1. The Kier molecular flexibility index (Phi) is 7.23. The fourth-order valence-corrected chi connectivity index (χ4v) is 3.54. The zero-order valence-electron chi connectivity index (χ0n) is 15.8. The summed E-state index contributed by atoms with van der Waals surface area (Å²) in [4.78, 5) is 24.3. The molecule has 1 aromatic heterocycles. The maximum Gasteiger partial charge on any atom is 0.409 e. The first kappa shape index (κ1) is 21.7. The van der Waals surface area contributed by atoms with Crippen LogP contribution in [0.25, 0.3) is 0 Å². The molecule has 29 heavy (non-hydrogen) atoms. The van der Waals surface area contributed by atoms with Crippen LogP contribution in [0.2, 0.25) is 15.2 Å². The minimum Gasteiger partial charge on any atom is -0.450 e. The van der Waals surface area contributed by atoms with E-state index < -0.39 is 0 Å². The van der Waals surface area contributed by atoms with E-state index in [4.69, 9.17) is 45.4 Å². The van der Waals surface area contributed by atoms with E-state index in [1.807, 2.05) is 11.0 Å². The maximum atomic E-state index is 11.9. The number of hydrazine groups is 1. The monoisotopic (exact) mass is 458 g/mol. The van der Waals surface area contributed by atoms with Gasteiger partial charge in [-0.3, -0.25) is 5.01 Å². The van der Waals surface area contributed by atoms with E-state index in [0.29, 0.717) is 61.1 Å². The molecule has 0 saturated carbocycles. The molecule has 1 saturated heterocycles. The molecule has 156 valence electrons. The molecule has 2 aromatic rings. The van der Waals surface area contributed by atoms with Crippen LogP contribution < -0.4 is 15.8 Å². The van der Waals surface area contributed by atoms with Gasteiger partial charge in [0.2, 0.25) is 5.95 Å². The number of nitrogens with two attached hydrogens (primary N) is 1. The van der Waals surface area contributed by atoms with Crippen LogP contribution in [0.1, 0.15) is 12.5 Å². The summed E-state index contributed by atoms with van der Waals surface area (Å²) in [5.41, 5.74) is 0.804. The fourth-order valence-electron chi connectivity index (χ4n) is 2.90. The Labute approximate surface area is 184 Å². The number of anilines is 2. The summed E-state index contributed by atoms with van der Waals surface area (Å²) < 4.78 is 5.04. The van der Waals surface area contributed by atoms with Gasteiger partial charge in [-0.25, -0.2) is 15.6 Å². The first-order chi connectivity index (χ1) is 13.9. The van der Waals surface area contributed by atoms with Crippen molar-refractivity contribution in [3.05, 3.63) is 45.0 Å². The third kappa shape index (κ3) is 5.54. The summed E-state index contributed by atoms with van der Waals surface area (Å²) in [7, 11) is 0. The van der Waals surface area contributed by atoms with Gasteiger partial charge in [0, 0.05) is 42.3 Å². The number of benzene rings is 1. The van der Waals surface area contributed by atoms with Gasteiger partial charge in [-0.2, -0.15) is 4.98 Å². The van der Waals surface area contributed by atoms with Gasteiger partial charge in [0.1, 0.15) is 11.0 Å². The number of amides is 1. The maximum absolute atomic E-state index is 11.9. The van der Waals surface area contributed by atoms with Crippen molar-refractivity contribution in [3.63, 3.8) is 0 Å². The highest BCUT2D eigenvalue weighted by Gasteiger charge is 2.24. The molecule has 1 amide bonds. The zero-order chi connectivity index (χ0) is 21.0. The van der Waals surface area contributed by atoms with Crippen molar-refractivity contribution in [3.8, 4) is 0 Å². The van der Waals surface area contributed by atoms with Gasteiger partial charge in [-0.15, -0.1) is 0 Å². The van der Waals surface area contributed by atoms with Crippen LogP contribution >= 0.6 is 34.8 Å². The number of carbonyl (C=O) groups is 1. The Hall–Kier alpha value is -2.00. The summed E-state index contributed by atoms with van der Waals surface area (Å²) in [6, 6.07) is 6.80. The first-order valence-corrected chi connectivity index (χ1v) is 10.2. The number of carbonyl (C=O) groups excluding carboxylic acids is 1. The molecule has 3 rings (SSSR count). The Bertz CT molecular complexity index is 877. The second kappa shape index (κ2) is 9.67. The third-order valence-corrected chi connectivity index (χ3v) is 5.19. The topological polar surface area (TPSA) is 87.8 Å². The van der Waals surface area contributed by atoms with Crippen molar-refractivity contribution in [1.29, 1.82) is 0 Å². The van der Waals surface area contributed by atoms with E-state index in [9.17, 15) is 4.79 Å². The van der Waals surface area contributed by atoms with Gasteiger partial charge in [0.25, 0.3) is 0 Å². The summed E-state index contributed by atoms with van der Waals surface area (Å²) in [6.07, 6.45) is -0.312. The van der Waals surface area contributed by atoms with Crippen molar-refractivity contribution >= 4 is 52.7 Å². The fraction of sp³-hybridized carbons (Fsp3) is 0.389. The van der Waals surface area contributed by atoms with Crippen molar-refractivity contribution in [1.82, 2.24) is 14.9 Å². The Morgan fingerprint density at radius 2 is 1.90 bits per heavy atom. The minimum atomic E-state index is -0.312. The average molecular weight is 460 g/mol. The van der Waals surface area contributed by atoms with Crippen LogP contribution in [0.3, 0.4) is 0 Å². The first-order valence-electron chi connectivity index (χ1n) is 9.04. The van der Waals surface area contributed by atoms with Crippen molar-refractivity contribution in [2.75, 3.05) is 42.7 Å². The number of aromatic nitrogens is 2. The predicted molar refractivity (Wildman–Crippen MR) is 115 cm³/mol. The molecule has 2 N–H and O–H groups in total. The molecule has 0 atom stereocenters. The summed E-state index contributed by atoms with van der Waals surface area (Å²) in [6.45, 7) is 4.60. The molecule has 2 heterocycles. The number of nitrogens with zero attached hydrogens (tertiary/aromatic N) is 5. The quantitative estimate of drug-likeness (QED) is 0.415. The van der Waals surface area contributed by atoms with Crippen LogP contribution in [0.15, 0.2) is 24.3 Å². The molecule has 11 heteroatoms. The van der Waals surface area contributed by atoms with Gasteiger partial charge < -0.3 is 14.5 Å². The molecule has 0 aliphatic carbocycles. The standard InChI is InChI=1S/C18H21Cl3N6O2/c1-2-29-18(28)26-7-5-25(6-8-26)17-23-15(21)10-16(24-17)27(22)11-12-3-4-13(19)9-14(12)20/h3-4,9-10H,2,5-8,11,22H2,1H3. The zero-order valence-corrected chi connectivity index (χ0v) is 18.1. The lowest BCUT2D eigenvalue weighted by molar-refractivity contribution is 0.105. The van der Waals surface area contributed by atoms with Crippen molar-refractivity contribution in [2.45, 2.75) is 13.5 Å². The molecule has 1 fully saturated rings. The van der Waals surface area contributed by atoms with Crippen molar-refractivity contribution < 1.29 is 9.53 Å². The molecule has 1 aliphatic rings. The molecule has 0 unspecified atom stereocenters. The number of hydrogen-bond acceptors (Lipinski definition) is 7.